The molecule has 204 valence electrons. The summed E-state index contributed by atoms with van der Waals surface area (Å²) in [4.78, 5) is 40.6. The molecule has 0 heterocycles. The predicted molar refractivity (Wildman–Crippen MR) is 140 cm³/mol. The smallest absolute Gasteiger partial charge is 0.243 e. The molecule has 12 heteroatoms. The van der Waals surface area contributed by atoms with E-state index in [1.54, 1.807) is 12.1 Å². The number of hydrogen-bond donors (Lipinski definition) is 4. The first kappa shape index (κ1) is 30.1. The van der Waals surface area contributed by atoms with Crippen molar-refractivity contribution in [3.05, 3.63) is 76.2 Å². The van der Waals surface area contributed by atoms with Gasteiger partial charge in [-0.1, -0.05) is 47.6 Å². The van der Waals surface area contributed by atoms with Crippen molar-refractivity contribution in [2.45, 2.75) is 31.8 Å². The van der Waals surface area contributed by atoms with Gasteiger partial charge in [0.25, 0.3) is 0 Å². The van der Waals surface area contributed by atoms with Gasteiger partial charge in [0.1, 0.15) is 17.8 Å². The van der Waals surface area contributed by atoms with Crippen LogP contribution in [0.5, 0.6) is 5.75 Å². The average molecular weight is 527 g/mol. The normalized spacial score (nSPS) is 12.0. The molecular weight excluding hydrogens is 492 g/mol. The summed E-state index contributed by atoms with van der Waals surface area (Å²) in [6.07, 6.45) is 0.439. The topological polar surface area (TPSA) is 175 Å². The Morgan fingerprint density at radius 2 is 1.47 bits per heavy atom. The number of phenols is 1. The molecule has 0 aliphatic carbocycles. The largest absolute Gasteiger partial charge is 0.508 e. The van der Waals surface area contributed by atoms with Gasteiger partial charge in [0.05, 0.1) is 26.4 Å². The van der Waals surface area contributed by atoms with E-state index in [9.17, 15) is 19.5 Å². The van der Waals surface area contributed by atoms with Crippen molar-refractivity contribution in [1.82, 2.24) is 16.0 Å². The molecule has 2 atom stereocenters. The van der Waals surface area contributed by atoms with Crippen LogP contribution >= 0.6 is 0 Å². The van der Waals surface area contributed by atoms with Gasteiger partial charge >= 0.3 is 0 Å². The Hall–Kier alpha value is -4.12. The molecule has 12 nitrogen and oxygen atoms in total. The molecule has 0 spiro atoms. The first-order valence-corrected chi connectivity index (χ1v) is 12.2. The van der Waals surface area contributed by atoms with Crippen LogP contribution < -0.4 is 16.0 Å². The molecule has 0 aliphatic rings. The molecule has 0 saturated carbocycles. The molecule has 0 fully saturated rings. The minimum absolute atomic E-state index is 0.0892. The van der Waals surface area contributed by atoms with Crippen molar-refractivity contribution in [3.63, 3.8) is 0 Å². The summed E-state index contributed by atoms with van der Waals surface area (Å²) >= 11 is 0. The van der Waals surface area contributed by atoms with E-state index in [0.29, 0.717) is 19.8 Å². The summed E-state index contributed by atoms with van der Waals surface area (Å²) in [5.74, 6) is -1.18. The summed E-state index contributed by atoms with van der Waals surface area (Å²) in [6, 6.07) is 13.8. The number of hydrogen-bond acceptors (Lipinski definition) is 7. The molecule has 4 N–H and O–H groups in total. The Morgan fingerprint density at radius 3 is 2.11 bits per heavy atom. The van der Waals surface area contributed by atoms with Crippen LogP contribution in [0.3, 0.4) is 0 Å². The van der Waals surface area contributed by atoms with Crippen molar-refractivity contribution in [2.24, 2.45) is 5.11 Å². The van der Waals surface area contributed by atoms with Gasteiger partial charge in [-0.15, -0.1) is 0 Å². The van der Waals surface area contributed by atoms with Gasteiger partial charge in [-0.2, -0.15) is 0 Å². The number of aromatic hydroxyl groups is 1. The fraction of sp³-hybridized carbons (Fsp3) is 0.423. The van der Waals surface area contributed by atoms with E-state index in [4.69, 9.17) is 15.0 Å². The van der Waals surface area contributed by atoms with Gasteiger partial charge in [-0.05, 0) is 28.8 Å². The first-order valence-electron chi connectivity index (χ1n) is 12.2. The molecule has 2 aromatic carbocycles. The van der Waals surface area contributed by atoms with E-state index in [1.807, 2.05) is 30.3 Å². The number of rotatable bonds is 17. The number of nitrogens with zero attached hydrogens (tertiary/aromatic N) is 3. The molecule has 0 radical (unpaired) electrons. The number of phenolic OH excluding ortho intramolecular Hbond substituents is 1. The zero-order chi connectivity index (χ0) is 27.6. The summed E-state index contributed by atoms with van der Waals surface area (Å²) in [5, 5.41) is 21.1. The van der Waals surface area contributed by atoms with Crippen LogP contribution in [0.1, 0.15) is 18.1 Å². The van der Waals surface area contributed by atoms with E-state index >= 15 is 0 Å². The van der Waals surface area contributed by atoms with Gasteiger partial charge in [-0.3, -0.25) is 14.4 Å². The second-order valence-corrected chi connectivity index (χ2v) is 8.34. The lowest BCUT2D eigenvalue weighted by Crippen LogP contribution is -2.55. The van der Waals surface area contributed by atoms with Crippen LogP contribution in [0, 0.1) is 0 Å². The molecule has 2 aromatic rings. The van der Waals surface area contributed by atoms with E-state index in [0.717, 1.165) is 11.1 Å². The maximum Gasteiger partial charge on any atom is 0.243 e. The van der Waals surface area contributed by atoms with Crippen LogP contribution in [-0.4, -0.2) is 74.4 Å². The van der Waals surface area contributed by atoms with E-state index in [-0.39, 0.29) is 44.2 Å². The third-order valence-corrected chi connectivity index (χ3v) is 5.30. The molecule has 0 unspecified atom stereocenters. The standard InChI is InChI=1S/C26H34N6O6/c1-19(33)30-24(17-20-5-3-2-4-6-20)26(36)31-23(18-21-7-9-22(34)10-8-21)25(35)28-11-13-37-15-16-38-14-12-29-32-27/h2-10,23-24,34H,11-18H2,1H3,(H,28,35)(H,30,33)(H,31,36)/t23-,24-/m0/s1. The van der Waals surface area contributed by atoms with Gasteiger partial charge in [0.2, 0.25) is 17.7 Å². The van der Waals surface area contributed by atoms with E-state index < -0.39 is 23.9 Å². The minimum atomic E-state index is -0.928. The average Bonchev–Trinajstić information content (AvgIpc) is 2.90. The fourth-order valence-corrected chi connectivity index (χ4v) is 3.50. The number of carbonyl (C=O) groups excluding carboxylic acids is 3. The highest BCUT2D eigenvalue weighted by atomic mass is 16.5. The molecular formula is C26H34N6O6. The zero-order valence-corrected chi connectivity index (χ0v) is 21.3. The van der Waals surface area contributed by atoms with Gasteiger partial charge in [-0.25, -0.2) is 0 Å². The van der Waals surface area contributed by atoms with E-state index in [1.165, 1.54) is 19.1 Å². The Morgan fingerprint density at radius 1 is 0.868 bits per heavy atom. The zero-order valence-electron chi connectivity index (χ0n) is 21.3. The minimum Gasteiger partial charge on any atom is -0.508 e. The van der Waals surface area contributed by atoms with Gasteiger partial charge < -0.3 is 30.5 Å². The third-order valence-electron chi connectivity index (χ3n) is 5.30. The summed E-state index contributed by atoms with van der Waals surface area (Å²) < 4.78 is 10.7. The lowest BCUT2D eigenvalue weighted by atomic mass is 10.0. The van der Waals surface area contributed by atoms with Crippen LogP contribution in [0.2, 0.25) is 0 Å². The highest BCUT2D eigenvalue weighted by Crippen LogP contribution is 2.12. The van der Waals surface area contributed by atoms with Crippen LogP contribution in [0.4, 0.5) is 0 Å². The Kier molecular flexibility index (Phi) is 13.8. The van der Waals surface area contributed by atoms with Crippen LogP contribution in [0.15, 0.2) is 59.7 Å². The Labute approximate surface area is 221 Å². The summed E-state index contributed by atoms with van der Waals surface area (Å²) in [5.41, 5.74) is 9.80. The summed E-state index contributed by atoms with van der Waals surface area (Å²) in [6.45, 7) is 2.93. The predicted octanol–water partition coefficient (Wildman–Crippen LogP) is 1.63. The molecule has 0 bridgehead atoms. The second-order valence-electron chi connectivity index (χ2n) is 8.34. The number of amides is 3. The number of carbonyl (C=O) groups is 3. The van der Waals surface area contributed by atoms with Crippen molar-refractivity contribution < 1.29 is 29.0 Å². The highest BCUT2D eigenvalue weighted by Gasteiger charge is 2.26. The number of azide groups is 1. The number of benzene rings is 2. The number of ether oxygens (including phenoxy) is 2. The van der Waals surface area contributed by atoms with Crippen molar-refractivity contribution in [3.8, 4) is 5.75 Å². The van der Waals surface area contributed by atoms with Crippen molar-refractivity contribution in [2.75, 3.05) is 39.5 Å². The molecule has 0 aliphatic heterocycles. The molecule has 0 saturated heterocycles. The third kappa shape index (κ3) is 12.2. The SMILES string of the molecule is CC(=O)N[C@@H](Cc1ccccc1)C(=O)N[C@@H](Cc1ccc(O)cc1)C(=O)NCCOCCOCCN=[N+]=[N-]. The maximum atomic E-state index is 13.2. The molecule has 38 heavy (non-hydrogen) atoms. The quantitative estimate of drug-likeness (QED) is 0.105. The fourth-order valence-electron chi connectivity index (χ4n) is 3.50. The van der Waals surface area contributed by atoms with Crippen LogP contribution in [0.25, 0.3) is 10.4 Å². The lowest BCUT2D eigenvalue weighted by Gasteiger charge is -2.23. The monoisotopic (exact) mass is 526 g/mol. The van der Waals surface area contributed by atoms with Gasteiger partial charge in [0, 0.05) is 37.8 Å². The lowest BCUT2D eigenvalue weighted by molar-refractivity contribution is -0.131. The first-order chi connectivity index (χ1) is 18.4. The molecule has 3 amide bonds. The second kappa shape index (κ2) is 17.4. The Bertz CT molecular complexity index is 1060. The van der Waals surface area contributed by atoms with Crippen molar-refractivity contribution >= 4 is 17.7 Å². The Balaban J connectivity index is 1.96. The van der Waals surface area contributed by atoms with Crippen LogP contribution in [-0.2, 0) is 36.7 Å². The summed E-state index contributed by atoms with van der Waals surface area (Å²) in [7, 11) is 0. The molecule has 0 aromatic heterocycles. The maximum absolute atomic E-state index is 13.2. The van der Waals surface area contributed by atoms with E-state index in [2.05, 4.69) is 26.0 Å². The highest BCUT2D eigenvalue weighted by molar-refractivity contribution is 5.92. The van der Waals surface area contributed by atoms with Crippen molar-refractivity contribution in [1.29, 1.82) is 0 Å². The molecule has 2 rings (SSSR count). The van der Waals surface area contributed by atoms with Gasteiger partial charge in [0.15, 0.2) is 0 Å². The number of nitrogens with one attached hydrogen (secondary N) is 3.